The van der Waals surface area contributed by atoms with Crippen molar-refractivity contribution in [1.29, 1.82) is 0 Å². The van der Waals surface area contributed by atoms with Crippen molar-refractivity contribution in [2.75, 3.05) is 31.6 Å². The molecule has 1 atom stereocenters. The third-order valence-corrected chi connectivity index (χ3v) is 5.46. The van der Waals surface area contributed by atoms with E-state index in [0.717, 1.165) is 48.6 Å². The number of fused-ring (bicyclic) bond motifs is 1. The van der Waals surface area contributed by atoms with E-state index in [1.807, 2.05) is 35.2 Å². The topological polar surface area (TPSA) is 67.9 Å². The lowest BCUT2D eigenvalue weighted by Crippen LogP contribution is -2.35. The first-order valence-electron chi connectivity index (χ1n) is 10.2. The Labute approximate surface area is 170 Å². The van der Waals surface area contributed by atoms with Crippen molar-refractivity contribution in [2.45, 2.75) is 32.2 Å². The highest BCUT2D eigenvalue weighted by atomic mass is 16.5. The Morgan fingerprint density at radius 2 is 1.79 bits per heavy atom. The zero-order valence-electron chi connectivity index (χ0n) is 16.6. The maximum absolute atomic E-state index is 12.9. The first-order chi connectivity index (χ1) is 14.1. The number of carbonyl (C=O) groups is 2. The number of carbonyl (C=O) groups excluding carboxylic acids is 2. The summed E-state index contributed by atoms with van der Waals surface area (Å²) in [6, 6.07) is 13.3. The zero-order valence-corrected chi connectivity index (χ0v) is 16.6. The predicted molar refractivity (Wildman–Crippen MR) is 111 cm³/mol. The largest absolute Gasteiger partial charge is 0.490 e. The highest BCUT2D eigenvalue weighted by molar-refractivity contribution is 5.94. The summed E-state index contributed by atoms with van der Waals surface area (Å²) in [5.41, 5.74) is 2.58. The summed E-state index contributed by atoms with van der Waals surface area (Å²) in [7, 11) is 0. The smallest absolute Gasteiger partial charge is 0.242 e. The van der Waals surface area contributed by atoms with E-state index in [4.69, 9.17) is 9.47 Å². The van der Waals surface area contributed by atoms with Gasteiger partial charge in [0.05, 0.1) is 25.8 Å². The molecule has 6 heteroatoms. The average molecular weight is 394 g/mol. The summed E-state index contributed by atoms with van der Waals surface area (Å²) < 4.78 is 11.5. The Kier molecular flexibility index (Phi) is 5.69. The van der Waals surface area contributed by atoms with Crippen molar-refractivity contribution >= 4 is 17.4 Å². The highest BCUT2D eigenvalue weighted by Crippen LogP contribution is 2.37. The standard InChI is InChI=1S/C23H26N2O4/c1-16(26)17-5-8-19(9-6-17)24-15-23(27)25-11-2-4-20(25)18-7-10-21-22(14-18)29-13-3-12-28-21/h5-10,14,20,24H,2-4,11-13,15H2,1H3/t20-/m1/s1. The average Bonchev–Trinajstić information content (AvgIpc) is 3.11. The van der Waals surface area contributed by atoms with Gasteiger partial charge in [0.25, 0.3) is 0 Å². The minimum Gasteiger partial charge on any atom is -0.490 e. The van der Waals surface area contributed by atoms with Crippen LogP contribution in [-0.4, -0.2) is 42.9 Å². The first-order valence-corrected chi connectivity index (χ1v) is 10.2. The Morgan fingerprint density at radius 1 is 1.03 bits per heavy atom. The van der Waals surface area contributed by atoms with E-state index in [1.165, 1.54) is 0 Å². The molecule has 152 valence electrons. The van der Waals surface area contributed by atoms with Crippen LogP contribution in [0.25, 0.3) is 0 Å². The molecule has 1 amide bonds. The van der Waals surface area contributed by atoms with Crippen LogP contribution >= 0.6 is 0 Å². The highest BCUT2D eigenvalue weighted by Gasteiger charge is 2.30. The second-order valence-corrected chi connectivity index (χ2v) is 7.49. The number of anilines is 1. The monoisotopic (exact) mass is 394 g/mol. The van der Waals surface area contributed by atoms with Crippen molar-refractivity contribution in [3.05, 3.63) is 53.6 Å². The van der Waals surface area contributed by atoms with Gasteiger partial charge >= 0.3 is 0 Å². The fourth-order valence-corrected chi connectivity index (χ4v) is 3.90. The van der Waals surface area contributed by atoms with E-state index in [-0.39, 0.29) is 24.3 Å². The lowest BCUT2D eigenvalue weighted by molar-refractivity contribution is -0.130. The number of nitrogens with zero attached hydrogens (tertiary/aromatic N) is 1. The molecule has 2 aliphatic rings. The van der Waals surface area contributed by atoms with Gasteiger partial charge in [-0.15, -0.1) is 0 Å². The summed E-state index contributed by atoms with van der Waals surface area (Å²) in [5.74, 6) is 1.64. The van der Waals surface area contributed by atoms with E-state index >= 15 is 0 Å². The molecule has 0 unspecified atom stereocenters. The molecule has 1 saturated heterocycles. The van der Waals surface area contributed by atoms with Crippen LogP contribution in [0, 0.1) is 0 Å². The molecule has 0 aliphatic carbocycles. The van der Waals surface area contributed by atoms with E-state index in [2.05, 4.69) is 5.32 Å². The van der Waals surface area contributed by atoms with Crippen molar-refractivity contribution < 1.29 is 19.1 Å². The number of rotatable bonds is 5. The third kappa shape index (κ3) is 4.36. The van der Waals surface area contributed by atoms with Gasteiger partial charge < -0.3 is 19.7 Å². The van der Waals surface area contributed by atoms with Crippen molar-refractivity contribution in [2.24, 2.45) is 0 Å². The van der Waals surface area contributed by atoms with Crippen LogP contribution in [-0.2, 0) is 4.79 Å². The van der Waals surface area contributed by atoms with Gasteiger partial charge in [0.1, 0.15) is 0 Å². The second kappa shape index (κ2) is 8.55. The molecule has 1 fully saturated rings. The van der Waals surface area contributed by atoms with Crippen LogP contribution in [0.4, 0.5) is 5.69 Å². The number of ketones is 1. The van der Waals surface area contributed by atoms with Gasteiger partial charge in [0, 0.05) is 24.2 Å². The predicted octanol–water partition coefficient (Wildman–Crippen LogP) is 3.83. The molecule has 0 spiro atoms. The molecule has 2 aromatic carbocycles. The quantitative estimate of drug-likeness (QED) is 0.781. The van der Waals surface area contributed by atoms with Crippen molar-refractivity contribution in [1.82, 2.24) is 4.90 Å². The van der Waals surface area contributed by atoms with Gasteiger partial charge in [0.2, 0.25) is 5.91 Å². The third-order valence-electron chi connectivity index (χ3n) is 5.46. The molecule has 0 saturated carbocycles. The Balaban J connectivity index is 1.42. The molecule has 0 aromatic heterocycles. The number of hydrogen-bond acceptors (Lipinski definition) is 5. The normalized spacial score (nSPS) is 18.2. The van der Waals surface area contributed by atoms with E-state index < -0.39 is 0 Å². The van der Waals surface area contributed by atoms with Gasteiger partial charge in [0.15, 0.2) is 17.3 Å². The van der Waals surface area contributed by atoms with Crippen LogP contribution in [0.3, 0.4) is 0 Å². The zero-order chi connectivity index (χ0) is 20.2. The van der Waals surface area contributed by atoms with E-state index in [9.17, 15) is 9.59 Å². The summed E-state index contributed by atoms with van der Waals surface area (Å²) in [5, 5.41) is 3.17. The van der Waals surface area contributed by atoms with Crippen LogP contribution < -0.4 is 14.8 Å². The van der Waals surface area contributed by atoms with Gasteiger partial charge in [-0.1, -0.05) is 6.07 Å². The lowest BCUT2D eigenvalue weighted by Gasteiger charge is -2.26. The molecule has 29 heavy (non-hydrogen) atoms. The number of Topliss-reactive ketones (excluding diaryl/α,β-unsaturated/α-hetero) is 1. The maximum atomic E-state index is 12.9. The number of ether oxygens (including phenoxy) is 2. The molecule has 2 heterocycles. The number of amides is 1. The number of benzene rings is 2. The van der Waals surface area contributed by atoms with Gasteiger partial charge in [-0.3, -0.25) is 9.59 Å². The molecule has 2 aromatic rings. The van der Waals surface area contributed by atoms with E-state index in [1.54, 1.807) is 19.1 Å². The Bertz CT molecular complexity index is 894. The molecule has 6 nitrogen and oxygen atoms in total. The molecular formula is C23H26N2O4. The van der Waals surface area contributed by atoms with Crippen LogP contribution in [0.15, 0.2) is 42.5 Å². The minimum atomic E-state index is 0.0302. The van der Waals surface area contributed by atoms with Crippen molar-refractivity contribution in [3.63, 3.8) is 0 Å². The van der Waals surface area contributed by atoms with Crippen LogP contribution in [0.2, 0.25) is 0 Å². The fraction of sp³-hybridized carbons (Fsp3) is 0.391. The fourth-order valence-electron chi connectivity index (χ4n) is 3.90. The lowest BCUT2D eigenvalue weighted by atomic mass is 10.0. The molecule has 1 N–H and O–H groups in total. The number of hydrogen-bond donors (Lipinski definition) is 1. The molecule has 2 aliphatic heterocycles. The summed E-state index contributed by atoms with van der Waals surface area (Å²) in [6.45, 7) is 3.83. The Hall–Kier alpha value is -3.02. The van der Waals surface area contributed by atoms with Gasteiger partial charge in [-0.05, 0) is 61.7 Å². The summed E-state index contributed by atoms with van der Waals surface area (Å²) in [6.07, 6.45) is 2.80. The van der Waals surface area contributed by atoms with Crippen molar-refractivity contribution in [3.8, 4) is 11.5 Å². The van der Waals surface area contributed by atoms with Gasteiger partial charge in [-0.25, -0.2) is 0 Å². The SMILES string of the molecule is CC(=O)c1ccc(NCC(=O)N2CCC[C@@H]2c2ccc3c(c2)OCCCO3)cc1. The molecular weight excluding hydrogens is 368 g/mol. The maximum Gasteiger partial charge on any atom is 0.242 e. The molecule has 0 radical (unpaired) electrons. The minimum absolute atomic E-state index is 0.0302. The van der Waals surface area contributed by atoms with Crippen LogP contribution in [0.1, 0.15) is 48.1 Å². The number of nitrogens with one attached hydrogen (secondary N) is 1. The molecule has 0 bridgehead atoms. The Morgan fingerprint density at radius 3 is 2.55 bits per heavy atom. The first kappa shape index (κ1) is 19.3. The molecule has 4 rings (SSSR count). The second-order valence-electron chi connectivity index (χ2n) is 7.49. The summed E-state index contributed by atoms with van der Waals surface area (Å²) >= 11 is 0. The van der Waals surface area contributed by atoms with Crippen LogP contribution in [0.5, 0.6) is 11.5 Å². The number of likely N-dealkylation sites (tertiary alicyclic amines) is 1. The van der Waals surface area contributed by atoms with E-state index in [0.29, 0.717) is 18.8 Å². The van der Waals surface area contributed by atoms with Gasteiger partial charge in [-0.2, -0.15) is 0 Å². The summed E-state index contributed by atoms with van der Waals surface area (Å²) in [4.78, 5) is 26.2.